The summed E-state index contributed by atoms with van der Waals surface area (Å²) in [5, 5.41) is 3.49. The maximum absolute atomic E-state index is 12.4. The third kappa shape index (κ3) is 3.37. The summed E-state index contributed by atoms with van der Waals surface area (Å²) in [5.74, 6) is 0.618. The van der Waals surface area contributed by atoms with E-state index in [4.69, 9.17) is 16.3 Å². The number of rotatable bonds is 3. The summed E-state index contributed by atoms with van der Waals surface area (Å²) < 4.78 is 5.25. The predicted octanol–water partition coefficient (Wildman–Crippen LogP) is 4.15. The number of carbonyl (C=O) groups excluding carboxylic acids is 1. The summed E-state index contributed by atoms with van der Waals surface area (Å²) in [6, 6.07) is 5.46. The normalized spacial score (nSPS) is 18.8. The number of amides is 2. The lowest BCUT2D eigenvalue weighted by molar-refractivity contribution is 0.160. The van der Waals surface area contributed by atoms with E-state index < -0.39 is 0 Å². The molecule has 2 rings (SSSR count). The molecule has 1 fully saturated rings. The van der Waals surface area contributed by atoms with Gasteiger partial charge in [-0.05, 0) is 43.9 Å². The number of piperidine rings is 1. The maximum atomic E-state index is 12.4. The van der Waals surface area contributed by atoms with Gasteiger partial charge < -0.3 is 15.0 Å². The topological polar surface area (TPSA) is 41.6 Å². The van der Waals surface area contributed by atoms with Crippen molar-refractivity contribution in [3.8, 4) is 5.75 Å². The molecule has 1 aliphatic rings. The number of likely N-dealkylation sites (tertiary alicyclic amines) is 1. The molecule has 4 nitrogen and oxygen atoms in total. The molecule has 0 unspecified atom stereocenters. The summed E-state index contributed by atoms with van der Waals surface area (Å²) in [6.45, 7) is 2.93. The molecular weight excluding hydrogens is 276 g/mol. The van der Waals surface area contributed by atoms with Crippen LogP contribution >= 0.6 is 11.6 Å². The van der Waals surface area contributed by atoms with Gasteiger partial charge in [0, 0.05) is 17.6 Å². The van der Waals surface area contributed by atoms with Gasteiger partial charge in [0.2, 0.25) is 0 Å². The van der Waals surface area contributed by atoms with Crippen molar-refractivity contribution in [1.29, 1.82) is 0 Å². The molecule has 1 saturated heterocycles. The number of benzene rings is 1. The first kappa shape index (κ1) is 15.0. The first-order valence-corrected chi connectivity index (χ1v) is 7.44. The molecule has 2 amide bonds. The summed E-state index contributed by atoms with van der Waals surface area (Å²) in [6.07, 6.45) is 4.33. The van der Waals surface area contributed by atoms with Crippen LogP contribution in [-0.2, 0) is 0 Å². The van der Waals surface area contributed by atoms with Crippen molar-refractivity contribution in [3.05, 3.63) is 23.2 Å². The zero-order valence-electron chi connectivity index (χ0n) is 12.0. The Balaban J connectivity index is 2.12. The molecule has 0 spiro atoms. The van der Waals surface area contributed by atoms with E-state index in [9.17, 15) is 4.79 Å². The van der Waals surface area contributed by atoms with Crippen LogP contribution in [-0.4, -0.2) is 30.6 Å². The highest BCUT2D eigenvalue weighted by atomic mass is 35.5. The van der Waals surface area contributed by atoms with Crippen LogP contribution in [0, 0.1) is 0 Å². The van der Waals surface area contributed by atoms with Crippen LogP contribution in [0.3, 0.4) is 0 Å². The van der Waals surface area contributed by atoms with Crippen LogP contribution in [0.25, 0.3) is 0 Å². The molecule has 110 valence electrons. The smallest absolute Gasteiger partial charge is 0.322 e. The lowest BCUT2D eigenvalue weighted by atomic mass is 10.0. The van der Waals surface area contributed by atoms with Crippen molar-refractivity contribution in [2.45, 2.75) is 38.6 Å². The third-order valence-electron chi connectivity index (χ3n) is 3.76. The number of urea groups is 1. The molecule has 1 N–H and O–H groups in total. The number of halogens is 1. The molecule has 0 bridgehead atoms. The van der Waals surface area contributed by atoms with E-state index in [2.05, 4.69) is 12.2 Å². The fraction of sp³-hybridized carbons (Fsp3) is 0.533. The van der Waals surface area contributed by atoms with Gasteiger partial charge >= 0.3 is 6.03 Å². The highest BCUT2D eigenvalue weighted by Gasteiger charge is 2.25. The molecule has 1 atom stereocenters. The SMILES string of the molecule is CC[C@H]1CCCCN1C(=O)Nc1cc(Cl)ccc1OC. The van der Waals surface area contributed by atoms with Crippen molar-refractivity contribution >= 4 is 23.3 Å². The van der Waals surface area contributed by atoms with Gasteiger partial charge in [-0.2, -0.15) is 0 Å². The minimum absolute atomic E-state index is 0.0721. The second-order valence-corrected chi connectivity index (χ2v) is 5.46. The molecule has 1 heterocycles. The summed E-state index contributed by atoms with van der Waals surface area (Å²) in [5.41, 5.74) is 0.616. The second-order valence-electron chi connectivity index (χ2n) is 5.03. The van der Waals surface area contributed by atoms with Gasteiger partial charge in [0.1, 0.15) is 5.75 Å². The van der Waals surface area contributed by atoms with E-state index in [0.29, 0.717) is 22.5 Å². The summed E-state index contributed by atoms with van der Waals surface area (Å²) in [7, 11) is 1.58. The van der Waals surface area contributed by atoms with Gasteiger partial charge in [-0.3, -0.25) is 0 Å². The van der Waals surface area contributed by atoms with Gasteiger partial charge in [-0.15, -0.1) is 0 Å². The van der Waals surface area contributed by atoms with Crippen molar-refractivity contribution in [3.63, 3.8) is 0 Å². The van der Waals surface area contributed by atoms with E-state index in [0.717, 1.165) is 25.8 Å². The molecule has 0 aliphatic carbocycles. The highest BCUT2D eigenvalue weighted by Crippen LogP contribution is 2.29. The number of nitrogens with one attached hydrogen (secondary N) is 1. The van der Waals surface area contributed by atoms with Crippen molar-refractivity contribution < 1.29 is 9.53 Å². The Hall–Kier alpha value is -1.42. The Morgan fingerprint density at radius 1 is 1.50 bits per heavy atom. The quantitative estimate of drug-likeness (QED) is 0.910. The van der Waals surface area contributed by atoms with Crippen LogP contribution < -0.4 is 10.1 Å². The van der Waals surface area contributed by atoms with Gasteiger partial charge in [0.15, 0.2) is 0 Å². The molecule has 1 aliphatic heterocycles. The highest BCUT2D eigenvalue weighted by molar-refractivity contribution is 6.31. The van der Waals surface area contributed by atoms with Gasteiger partial charge in [0.05, 0.1) is 12.8 Å². The number of hydrogen-bond donors (Lipinski definition) is 1. The van der Waals surface area contributed by atoms with Crippen LogP contribution in [0.4, 0.5) is 10.5 Å². The Labute approximate surface area is 125 Å². The van der Waals surface area contributed by atoms with E-state index in [1.54, 1.807) is 25.3 Å². The first-order valence-electron chi connectivity index (χ1n) is 7.07. The van der Waals surface area contributed by atoms with Crippen molar-refractivity contribution in [1.82, 2.24) is 4.90 Å². The van der Waals surface area contributed by atoms with Crippen LogP contribution in [0.2, 0.25) is 5.02 Å². The molecule has 5 heteroatoms. The Morgan fingerprint density at radius 3 is 3.00 bits per heavy atom. The number of anilines is 1. The average Bonchev–Trinajstić information content (AvgIpc) is 2.47. The lowest BCUT2D eigenvalue weighted by Gasteiger charge is -2.35. The monoisotopic (exact) mass is 296 g/mol. The Morgan fingerprint density at radius 2 is 2.30 bits per heavy atom. The fourth-order valence-corrected chi connectivity index (χ4v) is 2.83. The molecule has 20 heavy (non-hydrogen) atoms. The van der Waals surface area contributed by atoms with E-state index >= 15 is 0 Å². The van der Waals surface area contributed by atoms with Crippen LogP contribution in [0.1, 0.15) is 32.6 Å². The predicted molar refractivity (Wildman–Crippen MR) is 81.7 cm³/mol. The molecule has 1 aromatic rings. The zero-order chi connectivity index (χ0) is 14.5. The van der Waals surface area contributed by atoms with Crippen molar-refractivity contribution in [2.75, 3.05) is 19.0 Å². The number of nitrogens with zero attached hydrogens (tertiary/aromatic N) is 1. The molecule has 0 radical (unpaired) electrons. The van der Waals surface area contributed by atoms with Gasteiger partial charge in [-0.25, -0.2) is 4.79 Å². The number of methoxy groups -OCH3 is 1. The molecule has 0 saturated carbocycles. The Bertz CT molecular complexity index is 479. The standard InChI is InChI=1S/C15H21ClN2O2/c1-3-12-6-4-5-9-18(12)15(19)17-13-10-11(16)7-8-14(13)20-2/h7-8,10,12H,3-6,9H2,1-2H3,(H,17,19)/t12-/m0/s1. The molecule has 1 aromatic carbocycles. The average molecular weight is 297 g/mol. The number of ether oxygens (including phenoxy) is 1. The minimum Gasteiger partial charge on any atom is -0.495 e. The van der Waals surface area contributed by atoms with E-state index in [1.165, 1.54) is 6.42 Å². The largest absolute Gasteiger partial charge is 0.495 e. The number of carbonyl (C=O) groups is 1. The van der Waals surface area contributed by atoms with Crippen LogP contribution in [0.15, 0.2) is 18.2 Å². The fourth-order valence-electron chi connectivity index (χ4n) is 2.66. The summed E-state index contributed by atoms with van der Waals surface area (Å²) >= 11 is 5.98. The lowest BCUT2D eigenvalue weighted by Crippen LogP contribution is -2.45. The van der Waals surface area contributed by atoms with Gasteiger partial charge in [-0.1, -0.05) is 18.5 Å². The van der Waals surface area contributed by atoms with E-state index in [1.807, 2.05) is 4.90 Å². The first-order chi connectivity index (χ1) is 9.65. The Kier molecular flexibility index (Phi) is 5.12. The number of hydrogen-bond acceptors (Lipinski definition) is 2. The minimum atomic E-state index is -0.0721. The van der Waals surface area contributed by atoms with E-state index in [-0.39, 0.29) is 6.03 Å². The maximum Gasteiger partial charge on any atom is 0.322 e. The van der Waals surface area contributed by atoms with Gasteiger partial charge in [0.25, 0.3) is 0 Å². The zero-order valence-corrected chi connectivity index (χ0v) is 12.7. The van der Waals surface area contributed by atoms with Crippen molar-refractivity contribution in [2.24, 2.45) is 0 Å². The van der Waals surface area contributed by atoms with Crippen LogP contribution in [0.5, 0.6) is 5.75 Å². The summed E-state index contributed by atoms with van der Waals surface area (Å²) in [4.78, 5) is 14.4. The third-order valence-corrected chi connectivity index (χ3v) is 4.00. The molecular formula is C15H21ClN2O2. The molecule has 0 aromatic heterocycles. The second kappa shape index (κ2) is 6.84.